The SMILES string of the molecule is O=S(=O)(Cl)C1CCCc2cccnc21. The molecule has 1 aromatic heterocycles. The highest BCUT2D eigenvalue weighted by molar-refractivity contribution is 8.13. The monoisotopic (exact) mass is 231 g/mol. The highest BCUT2D eigenvalue weighted by atomic mass is 35.7. The fourth-order valence-electron chi connectivity index (χ4n) is 1.84. The Kier molecular flexibility index (Phi) is 2.49. The van der Waals surface area contributed by atoms with Crippen molar-refractivity contribution in [3.05, 3.63) is 29.6 Å². The molecule has 5 heteroatoms. The van der Waals surface area contributed by atoms with E-state index < -0.39 is 14.3 Å². The molecule has 0 radical (unpaired) electrons. The van der Waals surface area contributed by atoms with Crippen LogP contribution in [0.5, 0.6) is 0 Å². The summed E-state index contributed by atoms with van der Waals surface area (Å²) >= 11 is 0. The van der Waals surface area contributed by atoms with Gasteiger partial charge >= 0.3 is 0 Å². The Hall–Kier alpha value is -0.610. The van der Waals surface area contributed by atoms with E-state index in [1.165, 1.54) is 0 Å². The Morgan fingerprint density at radius 1 is 1.50 bits per heavy atom. The van der Waals surface area contributed by atoms with E-state index in [0.717, 1.165) is 18.4 Å². The predicted octanol–water partition coefficient (Wildman–Crippen LogP) is 2.03. The van der Waals surface area contributed by atoms with Gasteiger partial charge in [0.25, 0.3) is 0 Å². The largest absolute Gasteiger partial charge is 0.260 e. The first-order valence-corrected chi connectivity index (χ1v) is 6.83. The molecule has 3 nitrogen and oxygen atoms in total. The molecule has 1 aliphatic carbocycles. The van der Waals surface area contributed by atoms with Crippen LogP contribution in [0.4, 0.5) is 0 Å². The average Bonchev–Trinajstić information content (AvgIpc) is 2.15. The molecule has 76 valence electrons. The van der Waals surface area contributed by atoms with Crippen LogP contribution in [0.3, 0.4) is 0 Å². The van der Waals surface area contributed by atoms with E-state index >= 15 is 0 Å². The predicted molar refractivity (Wildman–Crippen MR) is 54.7 cm³/mol. The first kappa shape index (κ1) is 9.93. The molecule has 0 fully saturated rings. The first-order valence-electron chi connectivity index (χ1n) is 4.46. The minimum atomic E-state index is -3.53. The van der Waals surface area contributed by atoms with Crippen LogP contribution in [0, 0.1) is 0 Å². The van der Waals surface area contributed by atoms with Gasteiger partial charge in [0.2, 0.25) is 9.05 Å². The lowest BCUT2D eigenvalue weighted by molar-refractivity contribution is 0.568. The average molecular weight is 232 g/mol. The van der Waals surface area contributed by atoms with Crippen molar-refractivity contribution in [3.63, 3.8) is 0 Å². The van der Waals surface area contributed by atoms with Crippen LogP contribution >= 0.6 is 10.7 Å². The molecule has 0 aliphatic heterocycles. The lowest BCUT2D eigenvalue weighted by Gasteiger charge is -2.21. The van der Waals surface area contributed by atoms with Crippen LogP contribution in [-0.4, -0.2) is 13.4 Å². The zero-order chi connectivity index (χ0) is 10.2. The third-order valence-electron chi connectivity index (χ3n) is 2.48. The molecule has 1 aliphatic rings. The number of rotatable bonds is 1. The Labute approximate surface area is 87.5 Å². The molecule has 2 rings (SSSR count). The maximum absolute atomic E-state index is 11.3. The molecule has 0 N–H and O–H groups in total. The van der Waals surface area contributed by atoms with Crippen molar-refractivity contribution in [2.45, 2.75) is 24.5 Å². The molecule has 14 heavy (non-hydrogen) atoms. The molecular formula is C9H10ClNO2S. The molecule has 0 saturated heterocycles. The van der Waals surface area contributed by atoms with Gasteiger partial charge in [0.05, 0.1) is 5.69 Å². The Morgan fingerprint density at radius 2 is 2.29 bits per heavy atom. The summed E-state index contributed by atoms with van der Waals surface area (Å²) in [5.74, 6) is 0. The van der Waals surface area contributed by atoms with E-state index in [-0.39, 0.29) is 0 Å². The lowest BCUT2D eigenvalue weighted by atomic mass is 9.96. The summed E-state index contributed by atoms with van der Waals surface area (Å²) in [6.07, 6.45) is 3.94. The first-order chi connectivity index (χ1) is 6.59. The van der Waals surface area contributed by atoms with Gasteiger partial charge in [-0.05, 0) is 30.9 Å². The van der Waals surface area contributed by atoms with E-state index in [1.54, 1.807) is 6.20 Å². The van der Waals surface area contributed by atoms with E-state index in [4.69, 9.17) is 10.7 Å². The maximum atomic E-state index is 11.3. The molecule has 0 spiro atoms. The van der Waals surface area contributed by atoms with Gasteiger partial charge in [-0.25, -0.2) is 8.42 Å². The second-order valence-corrected chi connectivity index (χ2v) is 6.21. The smallest absolute Gasteiger partial charge is 0.241 e. The van der Waals surface area contributed by atoms with Crippen LogP contribution < -0.4 is 0 Å². The molecule has 1 unspecified atom stereocenters. The van der Waals surface area contributed by atoms with Crippen LogP contribution in [0.1, 0.15) is 29.3 Å². The van der Waals surface area contributed by atoms with Gasteiger partial charge in [-0.15, -0.1) is 0 Å². The van der Waals surface area contributed by atoms with Gasteiger partial charge in [-0.2, -0.15) is 0 Å². The third-order valence-corrected chi connectivity index (χ3v) is 4.27. The quantitative estimate of drug-likeness (QED) is 0.695. The number of nitrogens with zero attached hydrogens (tertiary/aromatic N) is 1. The van der Waals surface area contributed by atoms with Crippen LogP contribution in [0.2, 0.25) is 0 Å². The van der Waals surface area contributed by atoms with Crippen molar-refractivity contribution in [2.24, 2.45) is 0 Å². The van der Waals surface area contributed by atoms with E-state index in [9.17, 15) is 8.42 Å². The van der Waals surface area contributed by atoms with Gasteiger partial charge in [-0.3, -0.25) is 4.98 Å². The Morgan fingerprint density at radius 3 is 3.00 bits per heavy atom. The van der Waals surface area contributed by atoms with Crippen LogP contribution in [-0.2, 0) is 15.5 Å². The molecule has 1 heterocycles. The molecule has 1 aromatic rings. The molecule has 1 atom stereocenters. The number of hydrogen-bond acceptors (Lipinski definition) is 3. The van der Waals surface area contributed by atoms with Crippen molar-refractivity contribution in [1.29, 1.82) is 0 Å². The zero-order valence-corrected chi connectivity index (χ0v) is 9.05. The second-order valence-electron chi connectivity index (χ2n) is 3.40. The fourth-order valence-corrected chi connectivity index (χ4v) is 3.29. The summed E-state index contributed by atoms with van der Waals surface area (Å²) in [6.45, 7) is 0. The van der Waals surface area contributed by atoms with Gasteiger partial charge in [0, 0.05) is 16.9 Å². The summed E-state index contributed by atoms with van der Waals surface area (Å²) in [6, 6.07) is 3.73. The molecule has 0 saturated carbocycles. The molecular weight excluding hydrogens is 222 g/mol. The van der Waals surface area contributed by atoms with Gasteiger partial charge in [0.15, 0.2) is 0 Å². The lowest BCUT2D eigenvalue weighted by Crippen LogP contribution is -2.16. The number of aromatic nitrogens is 1. The van der Waals surface area contributed by atoms with Gasteiger partial charge in [-0.1, -0.05) is 6.07 Å². The molecule has 0 aromatic carbocycles. The zero-order valence-electron chi connectivity index (χ0n) is 7.48. The minimum absolute atomic E-state index is 0.579. The van der Waals surface area contributed by atoms with Crippen LogP contribution in [0.15, 0.2) is 18.3 Å². The molecule has 0 bridgehead atoms. The number of aryl methyl sites for hydroxylation is 1. The van der Waals surface area contributed by atoms with E-state index in [0.29, 0.717) is 12.1 Å². The Balaban J connectivity index is 2.51. The standard InChI is InChI=1S/C9H10ClNO2S/c10-14(12,13)8-5-1-3-7-4-2-6-11-9(7)8/h2,4,6,8H,1,3,5H2. The molecule has 0 amide bonds. The fraction of sp³-hybridized carbons (Fsp3) is 0.444. The number of hydrogen-bond donors (Lipinski definition) is 0. The third kappa shape index (κ3) is 1.77. The Bertz CT molecular complexity index is 444. The van der Waals surface area contributed by atoms with Crippen molar-refractivity contribution < 1.29 is 8.42 Å². The highest BCUT2D eigenvalue weighted by Gasteiger charge is 2.30. The van der Waals surface area contributed by atoms with Gasteiger partial charge in [0.1, 0.15) is 5.25 Å². The highest BCUT2D eigenvalue weighted by Crippen LogP contribution is 2.35. The van der Waals surface area contributed by atoms with E-state index in [1.807, 2.05) is 12.1 Å². The second kappa shape index (κ2) is 3.51. The topological polar surface area (TPSA) is 47.0 Å². The number of fused-ring (bicyclic) bond motifs is 1. The van der Waals surface area contributed by atoms with Crippen LogP contribution in [0.25, 0.3) is 0 Å². The van der Waals surface area contributed by atoms with Gasteiger partial charge < -0.3 is 0 Å². The van der Waals surface area contributed by atoms with Crippen molar-refractivity contribution >= 4 is 19.7 Å². The van der Waals surface area contributed by atoms with E-state index in [2.05, 4.69) is 4.98 Å². The maximum Gasteiger partial charge on any atom is 0.241 e. The summed E-state index contributed by atoms with van der Waals surface area (Å²) in [5, 5.41) is -0.617. The van der Waals surface area contributed by atoms with Crippen molar-refractivity contribution in [1.82, 2.24) is 4.98 Å². The summed E-state index contributed by atoms with van der Waals surface area (Å²) < 4.78 is 22.5. The van der Waals surface area contributed by atoms with Crippen molar-refractivity contribution in [3.8, 4) is 0 Å². The number of pyridine rings is 1. The summed E-state index contributed by atoms with van der Waals surface area (Å²) in [4.78, 5) is 4.10. The summed E-state index contributed by atoms with van der Waals surface area (Å²) in [7, 11) is 1.84. The normalized spacial score (nSPS) is 21.6. The van der Waals surface area contributed by atoms with Crippen molar-refractivity contribution in [2.75, 3.05) is 0 Å². The number of halogens is 1. The minimum Gasteiger partial charge on any atom is -0.260 e. The summed E-state index contributed by atoms with van der Waals surface area (Å²) in [5.41, 5.74) is 1.64.